The first kappa shape index (κ1) is 12.6. The molecule has 1 aromatic heterocycles. The third-order valence-electron chi connectivity index (χ3n) is 3.17. The minimum absolute atomic E-state index is 0.686. The van der Waals surface area contributed by atoms with Crippen LogP contribution in [0.3, 0.4) is 0 Å². The monoisotopic (exact) mass is 253 g/mol. The molecule has 0 N–H and O–H groups in total. The Hall–Kier alpha value is -1.85. The minimum atomic E-state index is 0.686. The van der Waals surface area contributed by atoms with E-state index in [-0.39, 0.29) is 0 Å². The summed E-state index contributed by atoms with van der Waals surface area (Å²) in [5.41, 5.74) is 4.58. The summed E-state index contributed by atoms with van der Waals surface area (Å²) < 4.78 is 0. The fourth-order valence-corrected chi connectivity index (χ4v) is 2.84. The molecule has 0 spiro atoms. The van der Waals surface area contributed by atoms with Crippen LogP contribution in [0.1, 0.15) is 26.4 Å². The zero-order valence-corrected chi connectivity index (χ0v) is 11.6. The summed E-state index contributed by atoms with van der Waals surface area (Å²) in [6, 6.07) is 7.66. The molecule has 18 heavy (non-hydrogen) atoms. The maximum absolute atomic E-state index is 6.91. The van der Waals surface area contributed by atoms with Crippen molar-refractivity contribution in [3.8, 4) is 0 Å². The first-order valence-electron chi connectivity index (χ1n) is 5.84. The van der Waals surface area contributed by atoms with Crippen molar-refractivity contribution in [3.05, 3.63) is 62.1 Å². The summed E-state index contributed by atoms with van der Waals surface area (Å²) in [6.07, 6.45) is 4.26. The van der Waals surface area contributed by atoms with Crippen molar-refractivity contribution in [2.45, 2.75) is 20.8 Å². The quantitative estimate of drug-likeness (QED) is 0.632. The fourth-order valence-electron chi connectivity index (χ4n) is 1.76. The van der Waals surface area contributed by atoms with Crippen LogP contribution in [0.5, 0.6) is 0 Å². The predicted molar refractivity (Wildman–Crippen MR) is 80.2 cm³/mol. The van der Waals surface area contributed by atoms with E-state index >= 15 is 0 Å². The van der Waals surface area contributed by atoms with Gasteiger partial charge >= 0.3 is 0 Å². The van der Waals surface area contributed by atoms with Gasteiger partial charge in [-0.15, -0.1) is 11.3 Å². The molecular weight excluding hydrogens is 238 g/mol. The van der Waals surface area contributed by atoms with Crippen LogP contribution in [0, 0.1) is 27.3 Å². The highest BCUT2D eigenvalue weighted by atomic mass is 32.1. The van der Waals surface area contributed by atoms with Crippen LogP contribution in [0.25, 0.3) is 17.0 Å². The summed E-state index contributed by atoms with van der Waals surface area (Å²) in [4.78, 5) is 6.09. The zero-order chi connectivity index (χ0) is 13.1. The van der Waals surface area contributed by atoms with Crippen LogP contribution >= 0.6 is 11.3 Å². The standard InChI is InChI=1S/C16H15NS/c1-11-12(2)16(18-13(11)3)10-7-14-5-8-15(17-4)9-6-14/h5-10H,1-3H3/b10-7+. The van der Waals surface area contributed by atoms with Crippen molar-refractivity contribution in [2.75, 3.05) is 0 Å². The van der Waals surface area contributed by atoms with Gasteiger partial charge in [0.1, 0.15) is 0 Å². The molecule has 0 atom stereocenters. The van der Waals surface area contributed by atoms with E-state index in [1.807, 2.05) is 35.6 Å². The molecule has 0 saturated heterocycles. The van der Waals surface area contributed by atoms with E-state index in [4.69, 9.17) is 6.57 Å². The molecule has 1 heterocycles. The van der Waals surface area contributed by atoms with Crippen molar-refractivity contribution < 1.29 is 0 Å². The molecule has 90 valence electrons. The van der Waals surface area contributed by atoms with E-state index in [0.717, 1.165) is 5.56 Å². The lowest BCUT2D eigenvalue weighted by atomic mass is 10.1. The molecule has 0 unspecified atom stereocenters. The van der Waals surface area contributed by atoms with Gasteiger partial charge in [-0.2, -0.15) is 0 Å². The van der Waals surface area contributed by atoms with Gasteiger partial charge in [0.25, 0.3) is 0 Å². The zero-order valence-electron chi connectivity index (χ0n) is 10.8. The van der Waals surface area contributed by atoms with E-state index < -0.39 is 0 Å². The lowest BCUT2D eigenvalue weighted by Crippen LogP contribution is -1.75. The Kier molecular flexibility index (Phi) is 3.64. The molecule has 0 radical (unpaired) electrons. The van der Waals surface area contributed by atoms with Crippen molar-refractivity contribution in [2.24, 2.45) is 0 Å². The molecule has 0 amide bonds. The fraction of sp³-hybridized carbons (Fsp3) is 0.188. The van der Waals surface area contributed by atoms with Crippen molar-refractivity contribution in [3.63, 3.8) is 0 Å². The highest BCUT2D eigenvalue weighted by Crippen LogP contribution is 2.28. The second-order valence-corrected chi connectivity index (χ2v) is 5.57. The van der Waals surface area contributed by atoms with Crippen molar-refractivity contribution >= 4 is 29.2 Å². The van der Waals surface area contributed by atoms with Gasteiger partial charge in [0.05, 0.1) is 6.57 Å². The van der Waals surface area contributed by atoms with Gasteiger partial charge in [-0.05, 0) is 43.5 Å². The van der Waals surface area contributed by atoms with Gasteiger partial charge in [0.2, 0.25) is 0 Å². The summed E-state index contributed by atoms with van der Waals surface area (Å²) in [6.45, 7) is 13.4. The first-order valence-corrected chi connectivity index (χ1v) is 6.65. The first-order chi connectivity index (χ1) is 8.61. The number of rotatable bonds is 2. The van der Waals surface area contributed by atoms with Crippen LogP contribution in [0.15, 0.2) is 24.3 Å². The number of hydrogen-bond donors (Lipinski definition) is 0. The van der Waals surface area contributed by atoms with E-state index in [9.17, 15) is 0 Å². The van der Waals surface area contributed by atoms with Gasteiger partial charge in [-0.25, -0.2) is 4.85 Å². The highest BCUT2D eigenvalue weighted by molar-refractivity contribution is 7.13. The average Bonchev–Trinajstić information content (AvgIpc) is 2.64. The van der Waals surface area contributed by atoms with Crippen LogP contribution in [0.4, 0.5) is 5.69 Å². The number of thiophene rings is 1. The van der Waals surface area contributed by atoms with E-state index in [1.165, 1.54) is 20.9 Å². The molecule has 2 aromatic rings. The number of aryl methyl sites for hydroxylation is 1. The third-order valence-corrected chi connectivity index (χ3v) is 4.45. The molecule has 0 fully saturated rings. The van der Waals surface area contributed by atoms with Crippen LogP contribution in [-0.4, -0.2) is 0 Å². The van der Waals surface area contributed by atoms with Gasteiger partial charge in [0.15, 0.2) is 5.69 Å². The highest BCUT2D eigenvalue weighted by Gasteiger charge is 2.05. The van der Waals surface area contributed by atoms with E-state index in [1.54, 1.807) is 0 Å². The second kappa shape index (κ2) is 5.20. The lowest BCUT2D eigenvalue weighted by Gasteiger charge is -1.95. The molecule has 0 bridgehead atoms. The molecule has 0 aliphatic heterocycles. The van der Waals surface area contributed by atoms with E-state index in [0.29, 0.717) is 5.69 Å². The summed E-state index contributed by atoms with van der Waals surface area (Å²) in [5, 5.41) is 0. The SMILES string of the molecule is [C-]#[N+]c1ccc(/C=C/c2sc(C)c(C)c2C)cc1. The molecular formula is C16H15NS. The van der Waals surface area contributed by atoms with Gasteiger partial charge < -0.3 is 0 Å². The van der Waals surface area contributed by atoms with Crippen molar-refractivity contribution in [1.82, 2.24) is 0 Å². The Bertz CT molecular complexity index is 624. The smallest absolute Gasteiger partial charge is 0.187 e. The van der Waals surface area contributed by atoms with E-state index in [2.05, 4.69) is 37.8 Å². The Morgan fingerprint density at radius 2 is 1.67 bits per heavy atom. The predicted octanol–water partition coefficient (Wildman–Crippen LogP) is 5.39. The Morgan fingerprint density at radius 1 is 1.00 bits per heavy atom. The maximum Gasteiger partial charge on any atom is 0.187 e. The Balaban J connectivity index is 2.24. The Labute approximate surface area is 112 Å². The summed E-state index contributed by atoms with van der Waals surface area (Å²) in [7, 11) is 0. The molecule has 1 aromatic carbocycles. The minimum Gasteiger partial charge on any atom is -0.238 e. The van der Waals surface area contributed by atoms with Crippen LogP contribution in [-0.2, 0) is 0 Å². The second-order valence-electron chi connectivity index (χ2n) is 4.31. The molecule has 2 heteroatoms. The average molecular weight is 253 g/mol. The lowest BCUT2D eigenvalue weighted by molar-refractivity contribution is 1.35. The number of benzene rings is 1. The van der Waals surface area contributed by atoms with Crippen molar-refractivity contribution in [1.29, 1.82) is 0 Å². The van der Waals surface area contributed by atoms with Crippen LogP contribution < -0.4 is 0 Å². The number of hydrogen-bond acceptors (Lipinski definition) is 1. The van der Waals surface area contributed by atoms with Gasteiger partial charge in [-0.3, -0.25) is 0 Å². The largest absolute Gasteiger partial charge is 0.238 e. The number of nitrogens with zero attached hydrogens (tertiary/aromatic N) is 1. The third kappa shape index (κ3) is 2.52. The molecule has 0 aliphatic carbocycles. The molecule has 0 saturated carbocycles. The summed E-state index contributed by atoms with van der Waals surface area (Å²) >= 11 is 1.83. The molecule has 1 nitrogen and oxygen atoms in total. The van der Waals surface area contributed by atoms with Gasteiger partial charge in [0, 0.05) is 9.75 Å². The molecule has 0 aliphatic rings. The molecule has 2 rings (SSSR count). The maximum atomic E-state index is 6.91. The Morgan fingerprint density at radius 3 is 2.17 bits per heavy atom. The normalized spacial score (nSPS) is 10.8. The summed E-state index contributed by atoms with van der Waals surface area (Å²) in [5.74, 6) is 0. The van der Waals surface area contributed by atoms with Gasteiger partial charge in [-0.1, -0.05) is 30.3 Å². The van der Waals surface area contributed by atoms with Crippen LogP contribution in [0.2, 0.25) is 0 Å². The topological polar surface area (TPSA) is 4.36 Å².